The van der Waals surface area contributed by atoms with Gasteiger partial charge in [0.05, 0.1) is 5.56 Å². The molecule has 176 valence electrons. The minimum Gasteiger partial charge on any atom is -0.341 e. The average molecular weight is 454 g/mol. The first-order chi connectivity index (χ1) is 15.8. The normalized spacial score (nSPS) is 15.1. The molecule has 1 fully saturated rings. The number of aryl methyl sites for hydroxylation is 1. The van der Waals surface area contributed by atoms with E-state index in [0.717, 1.165) is 5.56 Å². The molecule has 0 spiro atoms. The van der Waals surface area contributed by atoms with Gasteiger partial charge in [-0.3, -0.25) is 14.4 Å². The fraction of sp³-hybridized carbons (Fsp3) is 0.423. The number of carbonyl (C=O) groups is 3. The summed E-state index contributed by atoms with van der Waals surface area (Å²) < 4.78 is 14.1. The highest BCUT2D eigenvalue weighted by molar-refractivity contribution is 5.98. The Morgan fingerprint density at radius 1 is 1.03 bits per heavy atom. The van der Waals surface area contributed by atoms with Gasteiger partial charge in [-0.15, -0.1) is 0 Å². The molecule has 2 aromatic carbocycles. The van der Waals surface area contributed by atoms with Gasteiger partial charge < -0.3 is 15.1 Å². The largest absolute Gasteiger partial charge is 0.341 e. The van der Waals surface area contributed by atoms with Gasteiger partial charge in [0.1, 0.15) is 11.9 Å². The number of halogens is 1. The Bertz CT molecular complexity index is 981. The Hall–Kier alpha value is -3.22. The summed E-state index contributed by atoms with van der Waals surface area (Å²) in [4.78, 5) is 42.3. The number of nitrogens with zero attached hydrogens (tertiary/aromatic N) is 2. The van der Waals surface area contributed by atoms with Crippen molar-refractivity contribution in [1.82, 2.24) is 15.1 Å². The molecule has 1 N–H and O–H groups in total. The molecule has 0 aliphatic carbocycles. The number of nitrogens with one attached hydrogen (secondary N) is 1. The number of likely N-dealkylation sites (tertiary alicyclic amines) is 1. The minimum absolute atomic E-state index is 0.0550. The maximum absolute atomic E-state index is 14.1. The molecule has 0 saturated carbocycles. The maximum atomic E-state index is 14.1. The second kappa shape index (κ2) is 11.1. The van der Waals surface area contributed by atoms with Crippen molar-refractivity contribution in [3.05, 3.63) is 71.0 Å². The maximum Gasteiger partial charge on any atom is 0.256 e. The Labute approximate surface area is 194 Å². The van der Waals surface area contributed by atoms with Crippen LogP contribution < -0.4 is 5.32 Å². The lowest BCUT2D eigenvalue weighted by atomic mass is 9.87. The zero-order valence-corrected chi connectivity index (χ0v) is 19.5. The van der Waals surface area contributed by atoms with Gasteiger partial charge in [0.15, 0.2) is 0 Å². The summed E-state index contributed by atoms with van der Waals surface area (Å²) in [5, 5.41) is 2.96. The summed E-state index contributed by atoms with van der Waals surface area (Å²) in [5.74, 6) is -1.40. The number of likely N-dealkylation sites (N-methyl/N-ethyl adjacent to an activating group) is 1. The highest BCUT2D eigenvalue weighted by atomic mass is 19.1. The van der Waals surface area contributed by atoms with E-state index in [-0.39, 0.29) is 29.2 Å². The Morgan fingerprint density at radius 3 is 2.21 bits per heavy atom. The minimum atomic E-state index is -0.676. The van der Waals surface area contributed by atoms with E-state index in [2.05, 4.69) is 5.32 Å². The molecule has 1 aliphatic rings. The highest BCUT2D eigenvalue weighted by Gasteiger charge is 2.36. The molecule has 1 saturated heterocycles. The number of hydrogen-bond donors (Lipinski definition) is 1. The standard InChI is InChI=1S/C26H32FN3O3/c1-4-29(5-2)26(33)23(28-24(31)20-12-10-18(3)11-13-20)19-14-16-30(17-15-19)25(32)21-8-6-7-9-22(21)27/h6-13,19,23H,4-5,14-17H2,1-3H3,(H,28,31)/t23-/m0/s1. The molecule has 1 aliphatic heterocycles. The number of benzene rings is 2. The first-order valence-corrected chi connectivity index (χ1v) is 11.6. The second-order valence-electron chi connectivity index (χ2n) is 8.44. The summed E-state index contributed by atoms with van der Waals surface area (Å²) in [7, 11) is 0. The molecule has 0 radical (unpaired) electrons. The third-order valence-corrected chi connectivity index (χ3v) is 6.34. The lowest BCUT2D eigenvalue weighted by molar-refractivity contribution is -0.134. The van der Waals surface area contributed by atoms with Crippen LogP contribution in [0.4, 0.5) is 4.39 Å². The average Bonchev–Trinajstić information content (AvgIpc) is 2.83. The Morgan fingerprint density at radius 2 is 1.64 bits per heavy atom. The predicted octanol–water partition coefficient (Wildman–Crippen LogP) is 3.65. The fourth-order valence-corrected chi connectivity index (χ4v) is 4.28. The van der Waals surface area contributed by atoms with E-state index in [4.69, 9.17) is 0 Å². The van der Waals surface area contributed by atoms with Gasteiger partial charge in [-0.05, 0) is 63.8 Å². The van der Waals surface area contributed by atoms with Crippen LogP contribution in [0.1, 0.15) is 53.0 Å². The van der Waals surface area contributed by atoms with Gasteiger partial charge >= 0.3 is 0 Å². The molecule has 6 nitrogen and oxygen atoms in total. The van der Waals surface area contributed by atoms with Gasteiger partial charge in [0.2, 0.25) is 5.91 Å². The van der Waals surface area contributed by atoms with Gasteiger partial charge in [-0.25, -0.2) is 4.39 Å². The summed E-state index contributed by atoms with van der Waals surface area (Å²) in [6.45, 7) is 7.69. The van der Waals surface area contributed by atoms with E-state index >= 15 is 0 Å². The van der Waals surface area contributed by atoms with E-state index in [1.54, 1.807) is 34.1 Å². The summed E-state index contributed by atoms with van der Waals surface area (Å²) >= 11 is 0. The topological polar surface area (TPSA) is 69.7 Å². The van der Waals surface area contributed by atoms with Crippen molar-refractivity contribution in [3.63, 3.8) is 0 Å². The van der Waals surface area contributed by atoms with Crippen LogP contribution in [0.2, 0.25) is 0 Å². The molecule has 33 heavy (non-hydrogen) atoms. The summed E-state index contributed by atoms with van der Waals surface area (Å²) in [6.07, 6.45) is 1.10. The first-order valence-electron chi connectivity index (χ1n) is 11.6. The molecular formula is C26H32FN3O3. The molecule has 7 heteroatoms. The third kappa shape index (κ3) is 5.78. The number of rotatable bonds is 7. The van der Waals surface area contributed by atoms with Crippen LogP contribution in [0.3, 0.4) is 0 Å². The van der Waals surface area contributed by atoms with Gasteiger partial charge in [-0.1, -0.05) is 29.8 Å². The number of piperidine rings is 1. The predicted molar refractivity (Wildman–Crippen MR) is 125 cm³/mol. The molecule has 0 aromatic heterocycles. The zero-order chi connectivity index (χ0) is 24.0. The zero-order valence-electron chi connectivity index (χ0n) is 19.5. The molecule has 0 unspecified atom stereocenters. The van der Waals surface area contributed by atoms with Gasteiger partial charge in [0.25, 0.3) is 11.8 Å². The van der Waals surface area contributed by atoms with Crippen LogP contribution in [-0.4, -0.2) is 59.7 Å². The molecule has 2 aromatic rings. The van der Waals surface area contributed by atoms with Crippen molar-refractivity contribution in [2.75, 3.05) is 26.2 Å². The Kier molecular flexibility index (Phi) is 8.20. The molecule has 0 bridgehead atoms. The molecule has 1 atom stereocenters. The lowest BCUT2D eigenvalue weighted by Gasteiger charge is -2.37. The smallest absolute Gasteiger partial charge is 0.256 e. The SMILES string of the molecule is CCN(CC)C(=O)[C@@H](NC(=O)c1ccc(C)cc1)C1CCN(C(=O)c2ccccc2F)CC1. The lowest BCUT2D eigenvalue weighted by Crippen LogP contribution is -2.54. The van der Waals surface area contributed by atoms with Crippen LogP contribution >= 0.6 is 0 Å². The van der Waals surface area contributed by atoms with Crippen LogP contribution in [0.15, 0.2) is 48.5 Å². The van der Waals surface area contributed by atoms with Crippen molar-refractivity contribution >= 4 is 17.7 Å². The van der Waals surface area contributed by atoms with E-state index in [1.165, 1.54) is 12.1 Å². The van der Waals surface area contributed by atoms with E-state index < -0.39 is 11.9 Å². The molecular weight excluding hydrogens is 421 g/mol. The van der Waals surface area contributed by atoms with Crippen molar-refractivity contribution in [3.8, 4) is 0 Å². The van der Waals surface area contributed by atoms with Gasteiger partial charge in [-0.2, -0.15) is 0 Å². The van der Waals surface area contributed by atoms with E-state index in [9.17, 15) is 18.8 Å². The fourth-order valence-electron chi connectivity index (χ4n) is 4.28. The summed E-state index contributed by atoms with van der Waals surface area (Å²) in [5.41, 5.74) is 1.61. The van der Waals surface area contributed by atoms with Crippen LogP contribution in [0.25, 0.3) is 0 Å². The third-order valence-electron chi connectivity index (χ3n) is 6.34. The van der Waals surface area contributed by atoms with Crippen molar-refractivity contribution in [1.29, 1.82) is 0 Å². The number of amides is 3. The highest BCUT2D eigenvalue weighted by Crippen LogP contribution is 2.24. The molecule has 3 rings (SSSR count). The Balaban J connectivity index is 1.73. The van der Waals surface area contributed by atoms with Crippen molar-refractivity contribution in [2.45, 2.75) is 39.7 Å². The molecule has 1 heterocycles. The quantitative estimate of drug-likeness (QED) is 0.696. The first kappa shape index (κ1) is 24.4. The monoisotopic (exact) mass is 453 g/mol. The number of carbonyl (C=O) groups excluding carboxylic acids is 3. The van der Waals surface area contributed by atoms with Crippen molar-refractivity contribution < 1.29 is 18.8 Å². The van der Waals surface area contributed by atoms with Crippen molar-refractivity contribution in [2.24, 2.45) is 5.92 Å². The van der Waals surface area contributed by atoms with Crippen LogP contribution in [-0.2, 0) is 4.79 Å². The van der Waals surface area contributed by atoms with E-state index in [1.807, 2.05) is 32.9 Å². The molecule has 3 amide bonds. The van der Waals surface area contributed by atoms with Crippen LogP contribution in [0.5, 0.6) is 0 Å². The second-order valence-corrected chi connectivity index (χ2v) is 8.44. The van der Waals surface area contributed by atoms with E-state index in [0.29, 0.717) is 44.6 Å². The summed E-state index contributed by atoms with van der Waals surface area (Å²) in [6, 6.07) is 12.5. The number of hydrogen-bond acceptors (Lipinski definition) is 3. The van der Waals surface area contributed by atoms with Crippen LogP contribution in [0, 0.1) is 18.7 Å². The van der Waals surface area contributed by atoms with Gasteiger partial charge in [0, 0.05) is 31.7 Å².